The Hall–Kier alpha value is -6.41. The summed E-state index contributed by atoms with van der Waals surface area (Å²) in [6, 6.07) is 33.9. The lowest BCUT2D eigenvalue weighted by Crippen LogP contribution is -2.49. The van der Waals surface area contributed by atoms with Gasteiger partial charge in [-0.25, -0.2) is 4.98 Å². The van der Waals surface area contributed by atoms with Crippen molar-refractivity contribution in [2.75, 3.05) is 19.6 Å². The first kappa shape index (κ1) is 47.6. The van der Waals surface area contributed by atoms with Crippen LogP contribution in [0.4, 0.5) is 0 Å². The smallest absolute Gasteiger partial charge is 0.281 e. The van der Waals surface area contributed by atoms with Crippen LogP contribution in [0, 0.1) is 6.92 Å². The lowest BCUT2D eigenvalue weighted by molar-refractivity contribution is -0.136. The molecule has 1 aliphatic rings. The second-order valence-electron chi connectivity index (χ2n) is 19.1. The average Bonchev–Trinajstić information content (AvgIpc) is 4.05. The van der Waals surface area contributed by atoms with Crippen molar-refractivity contribution in [2.24, 2.45) is 7.05 Å². The molecular formula is C56H64N8O4S. The van der Waals surface area contributed by atoms with Gasteiger partial charge in [-0.2, -0.15) is 5.10 Å². The van der Waals surface area contributed by atoms with Crippen LogP contribution in [0.5, 0.6) is 0 Å². The van der Waals surface area contributed by atoms with Gasteiger partial charge in [0.05, 0.1) is 24.2 Å². The summed E-state index contributed by atoms with van der Waals surface area (Å²) in [4.78, 5) is 47.4. The molecule has 1 fully saturated rings. The number of thiophene rings is 1. The van der Waals surface area contributed by atoms with E-state index in [0.29, 0.717) is 56.5 Å². The van der Waals surface area contributed by atoms with E-state index in [0.717, 1.165) is 62.0 Å². The number of benzene rings is 4. The molecule has 0 unspecified atom stereocenters. The zero-order valence-corrected chi connectivity index (χ0v) is 41.2. The molecule has 358 valence electrons. The Bertz CT molecular complexity index is 3140. The molecule has 0 saturated carbocycles. The van der Waals surface area contributed by atoms with Gasteiger partial charge in [0.25, 0.3) is 5.56 Å². The van der Waals surface area contributed by atoms with Crippen molar-refractivity contribution >= 4 is 56.0 Å². The molecule has 5 heterocycles. The molecule has 0 radical (unpaired) electrons. The van der Waals surface area contributed by atoms with E-state index in [1.807, 2.05) is 59.5 Å². The summed E-state index contributed by atoms with van der Waals surface area (Å²) in [6.45, 7) is 10.5. The van der Waals surface area contributed by atoms with Gasteiger partial charge in [-0.1, -0.05) is 92.6 Å². The van der Waals surface area contributed by atoms with Gasteiger partial charge in [-0.05, 0) is 109 Å². The van der Waals surface area contributed by atoms with E-state index in [1.54, 1.807) is 23.1 Å². The SMILES string of the molecule is CCn1c2ccc(CNCCCCCCC(=O)NCc3ccc(-c4c5ncn(CC6(O)CCN(C(=O)C[C@@H](C)c7ccccc7)CC6)c(=O)c5nn4C)cc3)cc2c2ccc(-c3cc(C)cs3)cc21. The summed E-state index contributed by atoms with van der Waals surface area (Å²) in [7, 11) is 1.79. The number of piperidine rings is 1. The largest absolute Gasteiger partial charge is 0.388 e. The number of unbranched alkanes of at least 4 members (excludes halogenated alkanes) is 3. The number of carbonyl (C=O) groups is 2. The monoisotopic (exact) mass is 944 g/mol. The summed E-state index contributed by atoms with van der Waals surface area (Å²) in [5.74, 6) is 0.226. The van der Waals surface area contributed by atoms with Crippen molar-refractivity contribution in [2.45, 2.75) is 110 Å². The van der Waals surface area contributed by atoms with Crippen LogP contribution < -0.4 is 16.2 Å². The fraction of sp³-hybridized carbons (Fsp3) is 0.375. The van der Waals surface area contributed by atoms with Crippen molar-refractivity contribution in [3.05, 3.63) is 141 Å². The molecule has 8 aromatic rings. The van der Waals surface area contributed by atoms with E-state index < -0.39 is 5.60 Å². The molecule has 0 bridgehead atoms. The van der Waals surface area contributed by atoms with E-state index in [1.165, 1.54) is 54.3 Å². The molecular weight excluding hydrogens is 881 g/mol. The van der Waals surface area contributed by atoms with E-state index >= 15 is 0 Å². The third kappa shape index (κ3) is 10.8. The standard InChI is InChI=1S/C56H64N8O4S/c1-5-64-47-23-18-41(31-46(47)45-22-21-44(32-48(45)64)49-29-38(2)35-69-49)33-57-26-12-7-6-11-15-50(65)58-34-40-16-19-43(20-17-40)54-52-53(60-61(54)4)55(67)63(37-59-52)36-56(68)24-27-62(28-25-56)51(66)30-39(3)42-13-9-8-10-14-42/h8-10,13-14,16-23,29,31-32,35,37,39,57,68H,5-7,11-12,15,24-28,30,33-34,36H2,1-4H3,(H,58,65)/t39-/m1/s1. The number of likely N-dealkylation sites (tertiary alicyclic amines) is 1. The number of nitrogens with one attached hydrogen (secondary N) is 2. The summed E-state index contributed by atoms with van der Waals surface area (Å²) in [6.07, 6.45) is 7.14. The molecule has 69 heavy (non-hydrogen) atoms. The Morgan fingerprint density at radius 3 is 2.35 bits per heavy atom. The third-order valence-corrected chi connectivity index (χ3v) is 15.1. The molecule has 1 saturated heterocycles. The fourth-order valence-electron chi connectivity index (χ4n) is 9.99. The van der Waals surface area contributed by atoms with E-state index in [-0.39, 0.29) is 35.4 Å². The number of fused-ring (bicyclic) bond motifs is 4. The lowest BCUT2D eigenvalue weighted by Gasteiger charge is -2.38. The van der Waals surface area contributed by atoms with Crippen LogP contribution in [-0.4, -0.2) is 71.0 Å². The maximum atomic E-state index is 13.7. The number of hydrogen-bond acceptors (Lipinski definition) is 8. The number of rotatable bonds is 19. The zero-order valence-electron chi connectivity index (χ0n) is 40.3. The third-order valence-electron chi connectivity index (χ3n) is 14.0. The molecule has 1 aliphatic heterocycles. The van der Waals surface area contributed by atoms with Gasteiger partial charge in [0.2, 0.25) is 11.8 Å². The van der Waals surface area contributed by atoms with Crippen LogP contribution in [0.1, 0.15) is 93.4 Å². The first-order valence-electron chi connectivity index (χ1n) is 24.6. The van der Waals surface area contributed by atoms with Gasteiger partial charge < -0.3 is 25.2 Å². The quantitative estimate of drug-likeness (QED) is 0.0687. The number of amides is 2. The van der Waals surface area contributed by atoms with Gasteiger partial charge >= 0.3 is 0 Å². The van der Waals surface area contributed by atoms with Gasteiger partial charge in [0, 0.05) is 84.9 Å². The van der Waals surface area contributed by atoms with Crippen molar-refractivity contribution < 1.29 is 14.7 Å². The van der Waals surface area contributed by atoms with E-state index in [2.05, 4.69) is 93.9 Å². The summed E-state index contributed by atoms with van der Waals surface area (Å²) >= 11 is 1.80. The van der Waals surface area contributed by atoms with Crippen LogP contribution >= 0.6 is 11.3 Å². The van der Waals surface area contributed by atoms with Gasteiger partial charge in [0.1, 0.15) is 5.52 Å². The van der Waals surface area contributed by atoms with Crippen molar-refractivity contribution in [3.63, 3.8) is 0 Å². The average molecular weight is 945 g/mol. The summed E-state index contributed by atoms with van der Waals surface area (Å²) in [5.41, 5.74) is 9.37. The number of nitrogens with zero attached hydrogens (tertiary/aromatic N) is 6. The highest BCUT2D eigenvalue weighted by Crippen LogP contribution is 2.35. The van der Waals surface area contributed by atoms with Crippen LogP contribution in [0.2, 0.25) is 0 Å². The highest BCUT2D eigenvalue weighted by atomic mass is 32.1. The molecule has 4 aromatic carbocycles. The van der Waals surface area contributed by atoms with Crippen molar-refractivity contribution in [1.29, 1.82) is 0 Å². The minimum atomic E-state index is -1.14. The van der Waals surface area contributed by atoms with Crippen LogP contribution in [0.15, 0.2) is 114 Å². The van der Waals surface area contributed by atoms with Crippen LogP contribution in [-0.2, 0) is 42.8 Å². The molecule has 1 atom stereocenters. The molecule has 0 aliphatic carbocycles. The molecule has 2 amide bonds. The highest BCUT2D eigenvalue weighted by molar-refractivity contribution is 7.13. The van der Waals surface area contributed by atoms with E-state index in [4.69, 9.17) is 0 Å². The van der Waals surface area contributed by atoms with Gasteiger partial charge in [-0.15, -0.1) is 11.3 Å². The summed E-state index contributed by atoms with van der Waals surface area (Å²) in [5, 5.41) is 27.6. The summed E-state index contributed by atoms with van der Waals surface area (Å²) < 4.78 is 5.53. The normalized spacial score (nSPS) is 14.2. The van der Waals surface area contributed by atoms with Crippen molar-refractivity contribution in [3.8, 4) is 21.7 Å². The molecule has 3 N–H and O–H groups in total. The van der Waals surface area contributed by atoms with Crippen molar-refractivity contribution in [1.82, 2.24) is 39.4 Å². The molecule has 13 heteroatoms. The lowest BCUT2D eigenvalue weighted by atomic mass is 9.90. The van der Waals surface area contributed by atoms with Gasteiger partial charge in [-0.3, -0.25) is 23.6 Å². The highest BCUT2D eigenvalue weighted by Gasteiger charge is 2.35. The Kier molecular flexibility index (Phi) is 14.6. The predicted molar refractivity (Wildman–Crippen MR) is 278 cm³/mol. The minimum absolute atomic E-state index is 0.0464. The molecule has 12 nitrogen and oxygen atoms in total. The minimum Gasteiger partial charge on any atom is -0.388 e. The van der Waals surface area contributed by atoms with Gasteiger partial charge in [0.15, 0.2) is 5.52 Å². The first-order chi connectivity index (χ1) is 33.5. The number of aryl methyl sites for hydroxylation is 3. The molecule has 0 spiro atoms. The number of aliphatic hydroxyl groups is 1. The Morgan fingerprint density at radius 2 is 1.59 bits per heavy atom. The molecule has 4 aromatic heterocycles. The topological polar surface area (TPSA) is 139 Å². The fourth-order valence-corrected chi connectivity index (χ4v) is 10.9. The second-order valence-corrected chi connectivity index (χ2v) is 20.0. The molecule has 9 rings (SSSR count). The second kappa shape index (κ2) is 21.1. The number of carbonyl (C=O) groups excluding carboxylic acids is 2. The number of aromatic nitrogens is 5. The van der Waals surface area contributed by atoms with Crippen LogP contribution in [0.25, 0.3) is 54.5 Å². The Morgan fingerprint density at radius 1 is 0.841 bits per heavy atom. The maximum Gasteiger partial charge on any atom is 0.281 e. The van der Waals surface area contributed by atoms with E-state index in [9.17, 15) is 19.5 Å². The Balaban J connectivity index is 0.692. The maximum absolute atomic E-state index is 13.7. The predicted octanol–water partition coefficient (Wildman–Crippen LogP) is 9.87. The number of hydrogen-bond donors (Lipinski definition) is 3. The Labute approximate surface area is 408 Å². The zero-order chi connectivity index (χ0) is 48.1. The van der Waals surface area contributed by atoms with Crippen LogP contribution in [0.3, 0.4) is 0 Å². The first-order valence-corrected chi connectivity index (χ1v) is 25.5.